The van der Waals surface area contributed by atoms with E-state index in [0.717, 1.165) is 10.9 Å². The third-order valence-corrected chi connectivity index (χ3v) is 8.46. The predicted molar refractivity (Wildman–Crippen MR) is 63.8 cm³/mol. The molecule has 0 amide bonds. The van der Waals surface area contributed by atoms with Crippen LogP contribution in [0.25, 0.3) is 0 Å². The summed E-state index contributed by atoms with van der Waals surface area (Å²) in [5.74, 6) is 0.777. The Balaban J connectivity index is 2.42. The van der Waals surface area contributed by atoms with E-state index in [1.807, 2.05) is 0 Å². The van der Waals surface area contributed by atoms with Crippen molar-refractivity contribution in [3.8, 4) is 0 Å². The van der Waals surface area contributed by atoms with Crippen molar-refractivity contribution in [2.75, 3.05) is 4.95 Å². The highest BCUT2D eigenvalue weighted by atomic mass is 79.9. The maximum absolute atomic E-state index is 6.23. The molecule has 2 atom stereocenters. The maximum Gasteiger partial charge on any atom is 0.197 e. The molecule has 0 aromatic carbocycles. The van der Waals surface area contributed by atoms with E-state index in [4.69, 9.17) is 4.43 Å². The number of halogens is 1. The minimum absolute atomic E-state index is 0.549. The van der Waals surface area contributed by atoms with Gasteiger partial charge in [-0.2, -0.15) is 0 Å². The molecular weight excluding hydrogens is 244 g/mol. The van der Waals surface area contributed by atoms with Crippen LogP contribution in [-0.4, -0.2) is 19.4 Å². The third-order valence-electron chi connectivity index (χ3n) is 2.83. The second kappa shape index (κ2) is 4.94. The van der Waals surface area contributed by atoms with Gasteiger partial charge in [-0.3, -0.25) is 0 Å². The van der Waals surface area contributed by atoms with E-state index in [0.29, 0.717) is 6.10 Å². The molecule has 0 heterocycles. The Morgan fingerprint density at radius 1 is 1.31 bits per heavy atom. The number of alkyl halides is 1. The molecule has 13 heavy (non-hydrogen) atoms. The Labute approximate surface area is 91.5 Å². The molecule has 1 fully saturated rings. The van der Waals surface area contributed by atoms with Gasteiger partial charge < -0.3 is 4.43 Å². The first-order chi connectivity index (χ1) is 6.05. The second-order valence-corrected chi connectivity index (χ2v) is 10.5. The number of hydrogen-bond donors (Lipinski definition) is 0. The van der Waals surface area contributed by atoms with E-state index >= 15 is 0 Å². The fourth-order valence-electron chi connectivity index (χ4n) is 1.90. The van der Waals surface area contributed by atoms with Gasteiger partial charge in [0.1, 0.15) is 0 Å². The van der Waals surface area contributed by atoms with Crippen LogP contribution in [0.5, 0.6) is 0 Å². The van der Waals surface area contributed by atoms with Crippen molar-refractivity contribution in [1.82, 2.24) is 0 Å². The molecule has 0 bridgehead atoms. The highest BCUT2D eigenvalue weighted by Gasteiger charge is 2.29. The summed E-state index contributed by atoms with van der Waals surface area (Å²) in [7, 11) is -1.39. The first kappa shape index (κ1) is 11.7. The van der Waals surface area contributed by atoms with Crippen molar-refractivity contribution < 1.29 is 4.43 Å². The smallest absolute Gasteiger partial charge is 0.197 e. The molecule has 0 radical (unpaired) electrons. The molecule has 0 N–H and O–H groups in total. The molecule has 0 aliphatic heterocycles. The lowest BCUT2D eigenvalue weighted by Gasteiger charge is -2.34. The van der Waals surface area contributed by atoms with Crippen molar-refractivity contribution >= 4 is 24.2 Å². The van der Waals surface area contributed by atoms with Crippen LogP contribution in [0.3, 0.4) is 0 Å². The average molecular weight is 265 g/mol. The fourth-order valence-corrected chi connectivity index (χ4v) is 3.53. The molecule has 3 heteroatoms. The topological polar surface area (TPSA) is 9.23 Å². The minimum Gasteiger partial charge on any atom is -0.413 e. The maximum atomic E-state index is 6.23. The molecule has 1 nitrogen and oxygen atoms in total. The number of hydrogen-bond acceptors (Lipinski definition) is 1. The van der Waals surface area contributed by atoms with Gasteiger partial charge in [0.15, 0.2) is 8.32 Å². The van der Waals surface area contributed by atoms with Crippen LogP contribution in [0, 0.1) is 5.92 Å². The Morgan fingerprint density at radius 2 is 1.92 bits per heavy atom. The fraction of sp³-hybridized carbons (Fsp3) is 1.00. The van der Waals surface area contributed by atoms with E-state index in [9.17, 15) is 0 Å². The lowest BCUT2D eigenvalue weighted by Crippen LogP contribution is -2.41. The highest BCUT2D eigenvalue weighted by molar-refractivity contribution is 9.09. The number of rotatable bonds is 3. The summed E-state index contributed by atoms with van der Waals surface area (Å²) in [4.78, 5) is 1.06. The monoisotopic (exact) mass is 264 g/mol. The van der Waals surface area contributed by atoms with E-state index in [1.54, 1.807) is 0 Å². The molecule has 1 aliphatic carbocycles. The highest BCUT2D eigenvalue weighted by Crippen LogP contribution is 2.28. The standard InChI is InChI=1S/C10H21BrOSi/c1-9-6-4-5-7-10(9)12-13(2,3)8-11/h9-10H,4-8H2,1-3H3. The molecule has 1 saturated carbocycles. The van der Waals surface area contributed by atoms with Crippen molar-refractivity contribution in [2.24, 2.45) is 5.92 Å². The Hall–Kier alpha value is 0.657. The zero-order valence-electron chi connectivity index (χ0n) is 8.98. The summed E-state index contributed by atoms with van der Waals surface area (Å²) in [6, 6.07) is 0. The average Bonchev–Trinajstić information content (AvgIpc) is 2.09. The van der Waals surface area contributed by atoms with Crippen LogP contribution in [-0.2, 0) is 4.43 Å². The van der Waals surface area contributed by atoms with Gasteiger partial charge in [0.2, 0.25) is 0 Å². The Bertz CT molecular complexity index is 161. The zero-order valence-corrected chi connectivity index (χ0v) is 11.6. The normalized spacial score (nSPS) is 30.5. The summed E-state index contributed by atoms with van der Waals surface area (Å²) in [5.41, 5.74) is 0. The summed E-state index contributed by atoms with van der Waals surface area (Å²) in [6.07, 6.45) is 5.95. The molecule has 2 unspecified atom stereocenters. The minimum atomic E-state index is -1.39. The summed E-state index contributed by atoms with van der Waals surface area (Å²) in [5, 5.41) is 0. The first-order valence-electron chi connectivity index (χ1n) is 5.29. The zero-order chi connectivity index (χ0) is 9.90. The van der Waals surface area contributed by atoms with Crippen LogP contribution in [0.1, 0.15) is 32.6 Å². The van der Waals surface area contributed by atoms with Gasteiger partial charge in [-0.25, -0.2) is 0 Å². The molecule has 0 spiro atoms. The SMILES string of the molecule is CC1CCCCC1O[Si](C)(C)CBr. The van der Waals surface area contributed by atoms with Crippen molar-refractivity contribution in [3.05, 3.63) is 0 Å². The van der Waals surface area contributed by atoms with Gasteiger partial charge in [0.25, 0.3) is 0 Å². The van der Waals surface area contributed by atoms with Crippen LogP contribution in [0.2, 0.25) is 13.1 Å². The summed E-state index contributed by atoms with van der Waals surface area (Å²) < 4.78 is 6.23. The molecule has 0 aromatic heterocycles. The quantitative estimate of drug-likeness (QED) is 0.558. The van der Waals surface area contributed by atoms with Crippen molar-refractivity contribution in [3.63, 3.8) is 0 Å². The first-order valence-corrected chi connectivity index (χ1v) is 9.52. The van der Waals surface area contributed by atoms with Gasteiger partial charge in [-0.15, -0.1) is 0 Å². The van der Waals surface area contributed by atoms with Crippen molar-refractivity contribution in [2.45, 2.75) is 51.8 Å². The lowest BCUT2D eigenvalue weighted by atomic mass is 9.88. The summed E-state index contributed by atoms with van der Waals surface area (Å²) in [6.45, 7) is 6.93. The van der Waals surface area contributed by atoms with E-state index < -0.39 is 8.32 Å². The van der Waals surface area contributed by atoms with Gasteiger partial charge in [0.05, 0.1) is 0 Å². The van der Waals surface area contributed by atoms with Crippen LogP contribution in [0.15, 0.2) is 0 Å². The predicted octanol–water partition coefficient (Wildman–Crippen LogP) is 3.72. The van der Waals surface area contributed by atoms with E-state index in [2.05, 4.69) is 35.9 Å². The van der Waals surface area contributed by atoms with Crippen LogP contribution < -0.4 is 0 Å². The summed E-state index contributed by atoms with van der Waals surface area (Å²) >= 11 is 3.55. The van der Waals surface area contributed by atoms with Gasteiger partial charge in [-0.05, 0) is 31.9 Å². The molecule has 1 aliphatic rings. The van der Waals surface area contributed by atoms with Gasteiger partial charge >= 0.3 is 0 Å². The molecule has 0 aromatic rings. The molecule has 78 valence electrons. The van der Waals surface area contributed by atoms with Crippen LogP contribution in [0.4, 0.5) is 0 Å². The largest absolute Gasteiger partial charge is 0.413 e. The van der Waals surface area contributed by atoms with Gasteiger partial charge in [0, 0.05) is 11.1 Å². The molecular formula is C10H21BrOSi. The Kier molecular flexibility index (Phi) is 4.46. The lowest BCUT2D eigenvalue weighted by molar-refractivity contribution is 0.0956. The van der Waals surface area contributed by atoms with E-state index in [-0.39, 0.29) is 0 Å². The second-order valence-electron chi connectivity index (χ2n) is 4.81. The van der Waals surface area contributed by atoms with Crippen molar-refractivity contribution in [1.29, 1.82) is 0 Å². The van der Waals surface area contributed by atoms with Crippen LogP contribution >= 0.6 is 15.9 Å². The van der Waals surface area contributed by atoms with E-state index in [1.165, 1.54) is 25.7 Å². The third kappa shape index (κ3) is 3.72. The van der Waals surface area contributed by atoms with Gasteiger partial charge in [-0.1, -0.05) is 35.7 Å². The Morgan fingerprint density at radius 3 is 2.46 bits per heavy atom. The molecule has 1 rings (SSSR count). The molecule has 0 saturated heterocycles.